The first-order valence-corrected chi connectivity index (χ1v) is 50.0. The second-order valence-electron chi connectivity index (χ2n) is 38.9. The lowest BCUT2D eigenvalue weighted by atomic mass is 9.85. The number of carbonyl (C=O) groups excluding carboxylic acids is 9. The molecule has 8 aliphatic heterocycles. The van der Waals surface area contributed by atoms with Crippen LogP contribution in [-0.4, -0.2) is 201 Å². The van der Waals surface area contributed by atoms with E-state index in [1.807, 2.05) is 115 Å². The van der Waals surface area contributed by atoms with Crippen molar-refractivity contribution in [2.24, 2.45) is 21.8 Å². The number of H-pyrrole nitrogens is 2. The fraction of sp³-hybridized carbons (Fsp3) is 0.414. The molecule has 28 nitrogen and oxygen atoms in total. The molecule has 10 aliphatic rings. The Morgan fingerprint density at radius 3 is 1.18 bits per heavy atom. The molecule has 8 amide bonds. The van der Waals surface area contributed by atoms with E-state index >= 15 is 0 Å². The van der Waals surface area contributed by atoms with E-state index in [1.165, 1.54) is 53.2 Å². The molecule has 0 radical (unpaired) electrons. The SMILES string of the molecule is CCC(=O)Cl.CCC(=O)N[C@H](C(=O)N1CCC[C@H]1C1=NC2=C(C1)c1ccc(-c3ccc4cc(-c5cnc([C@@H]6CCCN6C(=O)[C@H](NC(=O)OC)c6ccccc6)[nH]5)ccc4c3)cc1CC2)C1CCOCC1.COC(=O)N[C@@H](C(=O)N1CCC[C@H]1c1ncc(-c2ccc3cc(-c4ccc5c(c4)CCC4=C5CC([C@@H]5CCCN5C(=O)[C@@H](NC(=O)OC(C)(C)C)C5CCOCC5)=N4)ccc3c2)[nH]1)c1ccccc1. The molecule has 6 N–H and O–H groups in total. The van der Waals surface area contributed by atoms with Gasteiger partial charge in [-0.2, -0.15) is 0 Å². The number of aromatic nitrogens is 4. The van der Waals surface area contributed by atoms with Crippen LogP contribution in [0.1, 0.15) is 219 Å². The maximum atomic E-state index is 14.4. The molecular weight excluding hydrogens is 1790 g/mol. The minimum absolute atomic E-state index is 0.0242. The minimum Gasteiger partial charge on any atom is -0.453 e. The second-order valence-corrected chi connectivity index (χ2v) is 39.3. The van der Waals surface area contributed by atoms with Crippen molar-refractivity contribution in [3.8, 4) is 44.8 Å². The Morgan fingerprint density at radius 2 is 0.793 bits per heavy atom. The van der Waals surface area contributed by atoms with Crippen molar-refractivity contribution >= 4 is 109 Å². The average Bonchev–Trinajstić information content (AvgIpc) is 1.59. The lowest BCUT2D eigenvalue weighted by Gasteiger charge is -2.35. The van der Waals surface area contributed by atoms with Crippen molar-refractivity contribution in [3.63, 3.8) is 0 Å². The molecule has 10 aromatic rings. The zero-order valence-electron chi connectivity index (χ0n) is 80.6. The van der Waals surface area contributed by atoms with Gasteiger partial charge in [-0.15, -0.1) is 0 Å². The van der Waals surface area contributed by atoms with Crippen LogP contribution >= 0.6 is 11.6 Å². The standard InChI is InChI=1S/C55H61N7O7.C53H57N7O6.C3H5ClO/c1-55(2,3)69-54(66)60-49(34-22-26-68-27-23-34)51(63)61-24-8-12-46(61)44-31-42-41-20-18-38(29-39(41)19-21-43(42)57-44)35-14-15-37-30-40(17-16-36(37)28-35)45-32-56-50(58-45)47-13-9-25-62(47)52(64)48(59-53(65)67-4)33-10-6-5-7-11-33;1-3-47(61)57-48(33-21-25-66-26-22-33)51(62)59-23-7-11-45(59)43-30-41-40-19-17-37(28-38(40)18-20-42(41)55-43)34-13-14-36-29-39(16-15-35(36)27-34)44-31-54-50(56-44)46-12-8-24-60(46)52(63)49(58-53(64)65-2)32-9-5-4-6-10-32;1-2-3(4)5/h5-7,10-11,14-18,20,28-30,32,34,46-49H,8-9,12-13,19,21-27,31H2,1-4H3,(H,56,58)(H,59,65)(H,60,66);4-6,9-10,13-17,19,27-29,31,33,45-46,48-49H,3,7-8,11-12,18,20-26,30H2,1-2H3,(H,54,56)(H,57,61)(H,58,64);2H2,1H3/t46-,47-,48+,49-;45-,46-,48-,49+;/m00./s1. The third kappa shape index (κ3) is 21.5. The van der Waals surface area contributed by atoms with Crippen LogP contribution < -0.4 is 21.3 Å². The summed E-state index contributed by atoms with van der Waals surface area (Å²) in [5, 5.41) is 15.7. The highest BCUT2D eigenvalue weighted by molar-refractivity contribution is 6.63. The number of ether oxygens (including phenoxy) is 5. The maximum Gasteiger partial charge on any atom is 0.408 e. The van der Waals surface area contributed by atoms with E-state index in [4.69, 9.17) is 55.2 Å². The summed E-state index contributed by atoms with van der Waals surface area (Å²) < 4.78 is 26.6. The van der Waals surface area contributed by atoms with E-state index in [0.717, 1.165) is 186 Å². The molecule has 6 saturated heterocycles. The predicted molar refractivity (Wildman–Crippen MR) is 538 cm³/mol. The van der Waals surface area contributed by atoms with Crippen LogP contribution in [0.25, 0.3) is 77.5 Å². The number of aromatic amines is 2. The van der Waals surface area contributed by atoms with Crippen molar-refractivity contribution < 1.29 is 66.8 Å². The highest BCUT2D eigenvalue weighted by atomic mass is 35.5. The number of alkyl carbamates (subject to hydrolysis) is 3. The molecule has 29 heteroatoms. The van der Waals surface area contributed by atoms with Gasteiger partial charge in [0.1, 0.15) is 41.4 Å². The van der Waals surface area contributed by atoms with E-state index < -0.39 is 48.0 Å². The van der Waals surface area contributed by atoms with Gasteiger partial charge in [0.05, 0.1) is 62.2 Å². The largest absolute Gasteiger partial charge is 0.453 e. The predicted octanol–water partition coefficient (Wildman–Crippen LogP) is 19.1. The van der Waals surface area contributed by atoms with Crippen molar-refractivity contribution in [1.29, 1.82) is 0 Å². The number of nitrogens with one attached hydrogen (secondary N) is 6. The quantitative estimate of drug-likeness (QED) is 0.0271. The van der Waals surface area contributed by atoms with Crippen molar-refractivity contribution in [2.75, 3.05) is 66.8 Å². The van der Waals surface area contributed by atoms with Crippen molar-refractivity contribution in [1.82, 2.24) is 60.8 Å². The Balaban J connectivity index is 0.000000177. The monoisotopic (exact) mass is 1910 g/mol. The smallest absolute Gasteiger partial charge is 0.408 e. The molecule has 0 unspecified atom stereocenters. The first-order chi connectivity index (χ1) is 67.9. The Morgan fingerprint density at radius 1 is 0.429 bits per heavy atom. The molecule has 8 atom stereocenters. The third-order valence-corrected chi connectivity index (χ3v) is 29.3. The van der Waals surface area contributed by atoms with Gasteiger partial charge in [0, 0.05) is 112 Å². The van der Waals surface area contributed by atoms with Gasteiger partial charge in [0.2, 0.25) is 23.0 Å². The van der Waals surface area contributed by atoms with Crippen molar-refractivity contribution in [3.05, 3.63) is 239 Å². The molecule has 10 heterocycles. The van der Waals surface area contributed by atoms with Crippen LogP contribution in [0.15, 0.2) is 204 Å². The summed E-state index contributed by atoms with van der Waals surface area (Å²) >= 11 is 4.82. The Kier molecular flexibility index (Phi) is 29.8. The Labute approximate surface area is 820 Å². The normalized spacial score (nSPS) is 19.9. The fourth-order valence-electron chi connectivity index (χ4n) is 21.8. The maximum absolute atomic E-state index is 14.4. The second kappa shape index (κ2) is 43.1. The van der Waals surface area contributed by atoms with Crippen molar-refractivity contribution in [2.45, 2.75) is 217 Å². The number of imidazole rings is 2. The number of hydrogen-bond donors (Lipinski definition) is 6. The summed E-state index contributed by atoms with van der Waals surface area (Å²) in [6, 6.07) is 54.5. The summed E-state index contributed by atoms with van der Waals surface area (Å²) in [6.45, 7) is 13.8. The van der Waals surface area contributed by atoms with Crippen LogP contribution in [0.3, 0.4) is 0 Å². The van der Waals surface area contributed by atoms with E-state index in [9.17, 15) is 43.2 Å². The van der Waals surface area contributed by atoms with Crippen LogP contribution in [0.5, 0.6) is 0 Å². The molecule has 0 spiro atoms. The third-order valence-electron chi connectivity index (χ3n) is 29.0. The average molecular weight is 1910 g/mol. The van der Waals surface area contributed by atoms with Gasteiger partial charge in [-0.25, -0.2) is 24.4 Å². The molecule has 0 bridgehead atoms. The van der Waals surface area contributed by atoms with Crippen LogP contribution in [0.4, 0.5) is 14.4 Å². The fourth-order valence-corrected chi connectivity index (χ4v) is 21.8. The summed E-state index contributed by atoms with van der Waals surface area (Å²) in [4.78, 5) is 151. The molecule has 6 fully saturated rings. The number of nitrogens with zero attached hydrogens (tertiary/aromatic N) is 8. The number of methoxy groups -OCH3 is 2. The van der Waals surface area contributed by atoms with E-state index in [1.54, 1.807) is 11.8 Å². The molecule has 728 valence electrons. The van der Waals surface area contributed by atoms with Crippen LogP contribution in [0, 0.1) is 11.8 Å². The van der Waals surface area contributed by atoms with Gasteiger partial charge in [0.15, 0.2) is 0 Å². The number of aryl methyl sites for hydroxylation is 2. The van der Waals surface area contributed by atoms with Crippen LogP contribution in [0.2, 0.25) is 0 Å². The van der Waals surface area contributed by atoms with Gasteiger partial charge < -0.3 is 74.5 Å². The summed E-state index contributed by atoms with van der Waals surface area (Å²) in [7, 11) is 2.58. The zero-order valence-corrected chi connectivity index (χ0v) is 81.3. The lowest BCUT2D eigenvalue weighted by molar-refractivity contribution is -0.139. The van der Waals surface area contributed by atoms with E-state index in [2.05, 4.69) is 140 Å². The van der Waals surface area contributed by atoms with Gasteiger partial charge >= 0.3 is 18.3 Å². The molecule has 140 heavy (non-hydrogen) atoms. The number of amides is 8. The number of benzene rings is 8. The topological polar surface area (TPSA) is 343 Å². The highest BCUT2D eigenvalue weighted by Crippen LogP contribution is 2.47. The number of fused-ring (bicyclic) bond motifs is 6. The molecule has 2 aromatic heterocycles. The van der Waals surface area contributed by atoms with E-state index in [0.29, 0.717) is 102 Å². The number of rotatable bonds is 22. The van der Waals surface area contributed by atoms with Gasteiger partial charge in [0.25, 0.3) is 11.8 Å². The number of allylic oxidation sites excluding steroid dienone is 4. The van der Waals surface area contributed by atoms with Crippen LogP contribution in [-0.2, 0) is 65.3 Å². The number of likely N-dealkylation sites (tertiary alicyclic amines) is 4. The molecule has 2 aliphatic carbocycles. The number of halogens is 1. The zero-order chi connectivity index (χ0) is 97.4. The van der Waals surface area contributed by atoms with Gasteiger partial charge in [-0.1, -0.05) is 159 Å². The lowest BCUT2D eigenvalue weighted by Crippen LogP contribution is -2.56. The number of hydrogen-bond acceptors (Lipinski definition) is 18. The number of carbonyl (C=O) groups is 9. The molecule has 0 saturated carbocycles. The van der Waals surface area contributed by atoms with E-state index in [-0.39, 0.29) is 70.8 Å². The summed E-state index contributed by atoms with van der Waals surface area (Å²) in [5.41, 5.74) is 21.2. The molecule has 8 aromatic carbocycles. The first-order valence-electron chi connectivity index (χ1n) is 49.6. The first kappa shape index (κ1) is 96.8. The molecule has 20 rings (SSSR count). The number of aliphatic imine (C=N–C) groups is 2. The highest BCUT2D eigenvalue weighted by Gasteiger charge is 2.46. The summed E-state index contributed by atoms with van der Waals surface area (Å²) in [5.74, 6) is 0.963. The molecular formula is C111H123ClN14O14. The Bertz CT molecular complexity index is 6490. The summed E-state index contributed by atoms with van der Waals surface area (Å²) in [6.07, 6.45) is 17.2. The minimum atomic E-state index is -0.881. The Hall–Kier alpha value is -13.4. The van der Waals surface area contributed by atoms with Gasteiger partial charge in [-0.3, -0.25) is 38.8 Å². The van der Waals surface area contributed by atoms with Gasteiger partial charge in [-0.05, 0) is 260 Å².